The SMILES string of the molecule is CC.CCCN(C)CCOc1ccc(N)cc1C. The third-order valence-electron chi connectivity index (χ3n) is 2.53. The molecule has 0 spiro atoms. The fourth-order valence-corrected chi connectivity index (χ4v) is 1.64. The Bertz CT molecular complexity index is 326. The van der Waals surface area contributed by atoms with Crippen LogP contribution in [0, 0.1) is 6.92 Å². The van der Waals surface area contributed by atoms with Crippen molar-refractivity contribution in [2.24, 2.45) is 0 Å². The zero-order chi connectivity index (χ0) is 14.0. The lowest BCUT2D eigenvalue weighted by Crippen LogP contribution is -2.25. The Kier molecular flexibility index (Phi) is 9.11. The van der Waals surface area contributed by atoms with Crippen LogP contribution < -0.4 is 10.5 Å². The van der Waals surface area contributed by atoms with E-state index < -0.39 is 0 Å². The number of rotatable bonds is 6. The summed E-state index contributed by atoms with van der Waals surface area (Å²) in [4.78, 5) is 2.27. The number of hydrogen-bond acceptors (Lipinski definition) is 3. The van der Waals surface area contributed by atoms with Gasteiger partial charge in [0.15, 0.2) is 0 Å². The number of ether oxygens (including phenoxy) is 1. The number of nitrogens with zero attached hydrogens (tertiary/aromatic N) is 1. The second-order valence-electron chi connectivity index (χ2n) is 4.18. The van der Waals surface area contributed by atoms with E-state index in [2.05, 4.69) is 18.9 Å². The average molecular weight is 252 g/mol. The Labute approximate surface area is 112 Å². The zero-order valence-electron chi connectivity index (χ0n) is 12.5. The van der Waals surface area contributed by atoms with Gasteiger partial charge in [-0.15, -0.1) is 0 Å². The maximum Gasteiger partial charge on any atom is 0.122 e. The van der Waals surface area contributed by atoms with Crippen LogP contribution in [0.4, 0.5) is 5.69 Å². The second kappa shape index (κ2) is 9.77. The molecule has 0 aliphatic carbocycles. The molecule has 0 amide bonds. The Morgan fingerprint density at radius 3 is 2.44 bits per heavy atom. The lowest BCUT2D eigenvalue weighted by Gasteiger charge is -2.16. The van der Waals surface area contributed by atoms with Crippen LogP contribution in [0.1, 0.15) is 32.8 Å². The molecular formula is C15H28N2O. The van der Waals surface area contributed by atoms with Gasteiger partial charge >= 0.3 is 0 Å². The standard InChI is InChI=1S/C13H22N2O.C2H6/c1-4-7-15(3)8-9-16-13-6-5-12(14)10-11(13)2;1-2/h5-6,10H,4,7-9,14H2,1-3H3;1-2H3. The third-order valence-corrected chi connectivity index (χ3v) is 2.53. The van der Waals surface area contributed by atoms with Crippen LogP contribution in [0.15, 0.2) is 18.2 Å². The first-order chi connectivity index (χ1) is 8.63. The average Bonchev–Trinajstić information content (AvgIpc) is 2.35. The number of hydrogen-bond donors (Lipinski definition) is 1. The highest BCUT2D eigenvalue weighted by atomic mass is 16.5. The summed E-state index contributed by atoms with van der Waals surface area (Å²) in [5.41, 5.74) is 7.56. The van der Waals surface area contributed by atoms with Gasteiger partial charge in [-0.3, -0.25) is 0 Å². The first-order valence-electron chi connectivity index (χ1n) is 6.81. The van der Waals surface area contributed by atoms with Gasteiger partial charge in [0.2, 0.25) is 0 Å². The molecule has 2 N–H and O–H groups in total. The van der Waals surface area contributed by atoms with Crippen molar-refractivity contribution in [2.75, 3.05) is 32.5 Å². The minimum Gasteiger partial charge on any atom is -0.492 e. The summed E-state index contributed by atoms with van der Waals surface area (Å²) in [6.45, 7) is 11.0. The van der Waals surface area contributed by atoms with Gasteiger partial charge in [0.05, 0.1) is 0 Å². The van der Waals surface area contributed by atoms with Crippen molar-refractivity contribution in [3.63, 3.8) is 0 Å². The normalized spacial score (nSPS) is 9.89. The summed E-state index contributed by atoms with van der Waals surface area (Å²) in [5, 5.41) is 0. The van der Waals surface area contributed by atoms with Crippen molar-refractivity contribution in [3.8, 4) is 5.75 Å². The van der Waals surface area contributed by atoms with E-state index in [0.717, 1.165) is 36.7 Å². The Hall–Kier alpha value is -1.22. The van der Waals surface area contributed by atoms with Crippen LogP contribution in [0.2, 0.25) is 0 Å². The molecule has 1 aromatic carbocycles. The molecule has 0 aliphatic rings. The summed E-state index contributed by atoms with van der Waals surface area (Å²) in [6.07, 6.45) is 1.18. The molecule has 0 saturated heterocycles. The lowest BCUT2D eigenvalue weighted by molar-refractivity contribution is 0.237. The molecule has 3 heteroatoms. The predicted octanol–water partition coefficient (Wildman–Crippen LogP) is 3.32. The van der Waals surface area contributed by atoms with Crippen LogP contribution >= 0.6 is 0 Å². The quantitative estimate of drug-likeness (QED) is 0.789. The van der Waals surface area contributed by atoms with Crippen LogP contribution in [-0.4, -0.2) is 31.6 Å². The smallest absolute Gasteiger partial charge is 0.122 e. The molecule has 0 heterocycles. The Balaban J connectivity index is 0.00000137. The van der Waals surface area contributed by atoms with E-state index >= 15 is 0 Å². The molecule has 0 unspecified atom stereocenters. The molecule has 1 rings (SSSR count). The van der Waals surface area contributed by atoms with Gasteiger partial charge in [0.1, 0.15) is 12.4 Å². The van der Waals surface area contributed by atoms with Crippen molar-refractivity contribution in [2.45, 2.75) is 34.1 Å². The van der Waals surface area contributed by atoms with Crippen molar-refractivity contribution in [1.29, 1.82) is 0 Å². The lowest BCUT2D eigenvalue weighted by atomic mass is 10.2. The molecule has 0 aromatic heterocycles. The number of nitrogens with two attached hydrogens (primary N) is 1. The summed E-state index contributed by atoms with van der Waals surface area (Å²) < 4.78 is 5.71. The summed E-state index contributed by atoms with van der Waals surface area (Å²) in [6, 6.07) is 5.74. The van der Waals surface area contributed by atoms with Gasteiger partial charge in [-0.1, -0.05) is 20.8 Å². The van der Waals surface area contributed by atoms with Crippen molar-refractivity contribution in [3.05, 3.63) is 23.8 Å². The van der Waals surface area contributed by atoms with E-state index in [1.807, 2.05) is 39.0 Å². The van der Waals surface area contributed by atoms with Crippen LogP contribution in [0.5, 0.6) is 5.75 Å². The molecule has 3 nitrogen and oxygen atoms in total. The van der Waals surface area contributed by atoms with Gasteiger partial charge in [-0.25, -0.2) is 0 Å². The first kappa shape index (κ1) is 16.8. The molecule has 0 saturated carbocycles. The maximum absolute atomic E-state index is 5.71. The number of nitrogen functional groups attached to an aromatic ring is 1. The summed E-state index contributed by atoms with van der Waals surface area (Å²) in [5.74, 6) is 0.930. The first-order valence-corrected chi connectivity index (χ1v) is 6.81. The molecule has 0 aliphatic heterocycles. The van der Waals surface area contributed by atoms with E-state index in [9.17, 15) is 0 Å². The fraction of sp³-hybridized carbons (Fsp3) is 0.600. The number of likely N-dealkylation sites (N-methyl/N-ethyl adjacent to an activating group) is 1. The highest BCUT2D eigenvalue weighted by Crippen LogP contribution is 2.19. The third kappa shape index (κ3) is 6.50. The predicted molar refractivity (Wildman–Crippen MR) is 80.2 cm³/mol. The van der Waals surface area contributed by atoms with E-state index in [1.54, 1.807) is 0 Å². The second-order valence-corrected chi connectivity index (χ2v) is 4.18. The minimum atomic E-state index is 0.723. The van der Waals surface area contributed by atoms with Crippen LogP contribution in [0.3, 0.4) is 0 Å². The largest absolute Gasteiger partial charge is 0.492 e. The summed E-state index contributed by atoms with van der Waals surface area (Å²) in [7, 11) is 2.11. The van der Waals surface area contributed by atoms with Gasteiger partial charge in [0.25, 0.3) is 0 Å². The van der Waals surface area contributed by atoms with E-state index in [4.69, 9.17) is 10.5 Å². The molecule has 0 fully saturated rings. The van der Waals surface area contributed by atoms with E-state index in [1.165, 1.54) is 6.42 Å². The highest BCUT2D eigenvalue weighted by Gasteiger charge is 2.01. The maximum atomic E-state index is 5.71. The molecular weight excluding hydrogens is 224 g/mol. The topological polar surface area (TPSA) is 38.5 Å². The van der Waals surface area contributed by atoms with Gasteiger partial charge in [-0.05, 0) is 50.7 Å². The van der Waals surface area contributed by atoms with Crippen molar-refractivity contribution < 1.29 is 4.74 Å². The highest BCUT2D eigenvalue weighted by molar-refractivity contribution is 5.47. The molecule has 1 aromatic rings. The number of anilines is 1. The number of aryl methyl sites for hydroxylation is 1. The molecule has 0 atom stereocenters. The fourth-order valence-electron chi connectivity index (χ4n) is 1.64. The van der Waals surface area contributed by atoms with Gasteiger partial charge in [-0.2, -0.15) is 0 Å². The van der Waals surface area contributed by atoms with E-state index in [-0.39, 0.29) is 0 Å². The molecule has 18 heavy (non-hydrogen) atoms. The Morgan fingerprint density at radius 2 is 1.89 bits per heavy atom. The molecule has 0 radical (unpaired) electrons. The molecule has 104 valence electrons. The Morgan fingerprint density at radius 1 is 1.22 bits per heavy atom. The zero-order valence-corrected chi connectivity index (χ0v) is 12.5. The summed E-state index contributed by atoms with van der Waals surface area (Å²) >= 11 is 0. The monoisotopic (exact) mass is 252 g/mol. The van der Waals surface area contributed by atoms with Crippen LogP contribution in [0.25, 0.3) is 0 Å². The van der Waals surface area contributed by atoms with Crippen molar-refractivity contribution >= 4 is 5.69 Å². The van der Waals surface area contributed by atoms with Crippen molar-refractivity contribution in [1.82, 2.24) is 4.90 Å². The minimum absolute atomic E-state index is 0.723. The van der Waals surface area contributed by atoms with E-state index in [0.29, 0.717) is 0 Å². The number of benzene rings is 1. The van der Waals surface area contributed by atoms with Crippen LogP contribution in [-0.2, 0) is 0 Å². The van der Waals surface area contributed by atoms with Gasteiger partial charge in [0, 0.05) is 12.2 Å². The van der Waals surface area contributed by atoms with Gasteiger partial charge < -0.3 is 15.4 Å². The molecule has 0 bridgehead atoms.